The number of carboxylic acid groups (broad SMARTS) is 1. The molecular formula is C36H63N3O13. The van der Waals surface area contributed by atoms with Gasteiger partial charge in [0.15, 0.2) is 0 Å². The molecule has 16 nitrogen and oxygen atoms in total. The summed E-state index contributed by atoms with van der Waals surface area (Å²) in [7, 11) is 0. The fraction of sp³-hybridized carbons (Fsp3) is 0.806. The summed E-state index contributed by atoms with van der Waals surface area (Å²) in [4.78, 5) is 82.7. The second-order valence-electron chi connectivity index (χ2n) is 13.7. The fourth-order valence-electron chi connectivity index (χ4n) is 4.56. The Hall–Kier alpha value is -3.31. The zero-order chi connectivity index (χ0) is 39.4. The van der Waals surface area contributed by atoms with E-state index in [1.165, 1.54) is 6.92 Å². The standard InChI is InChI=1S/C36H63N3O13/c1-26(35(47)52-36(3,4)5)11-12-29(41)10-8-17-48-19-21-50-25-33(44)39-16-18-49-20-22-51-24-32(43)38-15-7-6-9-28(27(2)40)23-31(42)30(37)13-14-34(45)46/h26,28,30H,6-25,37H2,1-5H3,(H,38,43)(H,39,44)(H,45,46)/t26-,28+,30-/m0/s1. The van der Waals surface area contributed by atoms with E-state index < -0.39 is 23.5 Å². The number of amides is 2. The number of ketones is 3. The van der Waals surface area contributed by atoms with Crippen molar-refractivity contribution < 1.29 is 62.4 Å². The summed E-state index contributed by atoms with van der Waals surface area (Å²) in [6, 6.07) is -0.906. The third-order valence-corrected chi connectivity index (χ3v) is 7.60. The Morgan fingerprint density at radius 1 is 0.692 bits per heavy atom. The number of nitrogens with one attached hydrogen (secondary N) is 2. The Bertz CT molecular complexity index is 1090. The van der Waals surface area contributed by atoms with Gasteiger partial charge in [0.25, 0.3) is 0 Å². The molecule has 0 radical (unpaired) electrons. The molecule has 0 fully saturated rings. The van der Waals surface area contributed by atoms with Crippen LogP contribution in [0.25, 0.3) is 0 Å². The van der Waals surface area contributed by atoms with Gasteiger partial charge in [0, 0.05) is 51.3 Å². The van der Waals surface area contributed by atoms with E-state index in [2.05, 4.69) is 10.6 Å². The number of hydrogen-bond acceptors (Lipinski definition) is 13. The topological polar surface area (TPSA) is 236 Å². The van der Waals surface area contributed by atoms with E-state index in [0.29, 0.717) is 64.7 Å². The Morgan fingerprint density at radius 2 is 1.27 bits per heavy atom. The fourth-order valence-corrected chi connectivity index (χ4v) is 4.56. The van der Waals surface area contributed by atoms with Crippen molar-refractivity contribution in [3.05, 3.63) is 0 Å². The number of nitrogens with two attached hydrogens (primary N) is 1. The molecule has 0 aliphatic carbocycles. The largest absolute Gasteiger partial charge is 0.481 e. The molecule has 3 atom stereocenters. The second kappa shape index (κ2) is 29.2. The van der Waals surface area contributed by atoms with Crippen LogP contribution in [-0.2, 0) is 57.2 Å². The van der Waals surface area contributed by atoms with Crippen molar-refractivity contribution in [2.45, 2.75) is 110 Å². The molecule has 0 aromatic heterocycles. The number of carbonyl (C=O) groups excluding carboxylic acids is 6. The summed E-state index contributed by atoms with van der Waals surface area (Å²) in [5.74, 6) is -3.14. The van der Waals surface area contributed by atoms with Gasteiger partial charge in [0.05, 0.1) is 45.0 Å². The highest BCUT2D eigenvalue weighted by Crippen LogP contribution is 2.17. The van der Waals surface area contributed by atoms with E-state index >= 15 is 0 Å². The van der Waals surface area contributed by atoms with Crippen LogP contribution in [0.4, 0.5) is 0 Å². The van der Waals surface area contributed by atoms with E-state index in [1.54, 1.807) is 6.92 Å². The first-order chi connectivity index (χ1) is 24.5. The zero-order valence-corrected chi connectivity index (χ0v) is 31.8. The lowest BCUT2D eigenvalue weighted by Crippen LogP contribution is -2.33. The number of hydrogen-bond donors (Lipinski definition) is 4. The lowest BCUT2D eigenvalue weighted by molar-refractivity contribution is -0.159. The summed E-state index contributed by atoms with van der Waals surface area (Å²) in [5.41, 5.74) is 5.20. The van der Waals surface area contributed by atoms with Gasteiger partial charge in [-0.3, -0.25) is 33.6 Å². The van der Waals surface area contributed by atoms with Crippen LogP contribution >= 0.6 is 0 Å². The minimum Gasteiger partial charge on any atom is -0.481 e. The van der Waals surface area contributed by atoms with Crippen LogP contribution in [0.3, 0.4) is 0 Å². The van der Waals surface area contributed by atoms with Crippen molar-refractivity contribution in [1.82, 2.24) is 10.6 Å². The Morgan fingerprint density at radius 3 is 1.85 bits per heavy atom. The second-order valence-corrected chi connectivity index (χ2v) is 13.7. The molecule has 16 heteroatoms. The first-order valence-corrected chi connectivity index (χ1v) is 18.1. The molecule has 52 heavy (non-hydrogen) atoms. The molecule has 0 aromatic carbocycles. The summed E-state index contributed by atoms with van der Waals surface area (Å²) in [5, 5.41) is 14.1. The number of Topliss-reactive ketones (excluding diaryl/α,β-unsaturated/α-hetero) is 3. The molecule has 0 aliphatic rings. The molecular weight excluding hydrogens is 682 g/mol. The molecule has 0 aromatic rings. The van der Waals surface area contributed by atoms with E-state index in [9.17, 15) is 33.6 Å². The lowest BCUT2D eigenvalue weighted by atomic mass is 9.90. The predicted molar refractivity (Wildman–Crippen MR) is 190 cm³/mol. The van der Waals surface area contributed by atoms with Crippen LogP contribution in [0.1, 0.15) is 98.8 Å². The predicted octanol–water partition coefficient (Wildman–Crippen LogP) is 1.92. The van der Waals surface area contributed by atoms with E-state index in [0.717, 1.165) is 0 Å². The van der Waals surface area contributed by atoms with Gasteiger partial charge in [-0.2, -0.15) is 0 Å². The molecule has 0 unspecified atom stereocenters. The molecule has 300 valence electrons. The third-order valence-electron chi connectivity index (χ3n) is 7.60. The highest BCUT2D eigenvalue weighted by atomic mass is 16.6. The minimum atomic E-state index is -1.03. The summed E-state index contributed by atoms with van der Waals surface area (Å²) >= 11 is 0. The lowest BCUT2D eigenvalue weighted by Gasteiger charge is -2.22. The Labute approximate surface area is 307 Å². The van der Waals surface area contributed by atoms with Crippen LogP contribution in [0.5, 0.6) is 0 Å². The number of carboxylic acids is 1. The van der Waals surface area contributed by atoms with Crippen LogP contribution < -0.4 is 16.4 Å². The van der Waals surface area contributed by atoms with Crippen LogP contribution in [0.15, 0.2) is 0 Å². The molecule has 0 spiro atoms. The zero-order valence-electron chi connectivity index (χ0n) is 31.8. The number of aliphatic carboxylic acids is 1. The van der Waals surface area contributed by atoms with Crippen molar-refractivity contribution in [3.63, 3.8) is 0 Å². The summed E-state index contributed by atoms with van der Waals surface area (Å²) in [6.07, 6.45) is 3.18. The molecule has 2 amide bonds. The number of ether oxygens (including phenoxy) is 5. The molecule has 5 N–H and O–H groups in total. The summed E-state index contributed by atoms with van der Waals surface area (Å²) in [6.45, 7) is 10.6. The van der Waals surface area contributed by atoms with Crippen molar-refractivity contribution in [3.8, 4) is 0 Å². The van der Waals surface area contributed by atoms with Crippen molar-refractivity contribution >= 4 is 41.1 Å². The SMILES string of the molecule is CC(=O)[C@H](CCCCNC(=O)COCCOCCNC(=O)COCCOCCCC(=O)CC[C@H](C)C(=O)OC(C)(C)C)CC(=O)[C@@H](N)CCC(=O)O. The van der Waals surface area contributed by atoms with E-state index in [-0.39, 0.29) is 106 Å². The van der Waals surface area contributed by atoms with Gasteiger partial charge in [-0.25, -0.2) is 0 Å². The van der Waals surface area contributed by atoms with Gasteiger partial charge in [0.1, 0.15) is 36.2 Å². The molecule has 0 saturated carbocycles. The van der Waals surface area contributed by atoms with E-state index in [1.807, 2.05) is 20.8 Å². The van der Waals surface area contributed by atoms with E-state index in [4.69, 9.17) is 34.5 Å². The monoisotopic (exact) mass is 745 g/mol. The Kier molecular flexibility index (Phi) is 27.3. The number of esters is 1. The van der Waals surface area contributed by atoms with Crippen molar-refractivity contribution in [2.24, 2.45) is 17.6 Å². The highest BCUT2D eigenvalue weighted by Gasteiger charge is 2.23. The van der Waals surface area contributed by atoms with Gasteiger partial charge in [-0.05, 0) is 59.8 Å². The normalized spacial score (nSPS) is 13.1. The number of rotatable bonds is 33. The van der Waals surface area contributed by atoms with Gasteiger partial charge < -0.3 is 45.2 Å². The van der Waals surface area contributed by atoms with Crippen LogP contribution in [-0.4, -0.2) is 124 Å². The molecule has 0 saturated heterocycles. The average molecular weight is 746 g/mol. The molecule has 0 rings (SSSR count). The maximum Gasteiger partial charge on any atom is 0.309 e. The molecule has 0 bridgehead atoms. The van der Waals surface area contributed by atoms with Gasteiger partial charge >= 0.3 is 11.9 Å². The number of carbonyl (C=O) groups is 7. The maximum absolute atomic E-state index is 12.2. The van der Waals surface area contributed by atoms with Crippen LogP contribution in [0, 0.1) is 11.8 Å². The molecule has 0 aliphatic heterocycles. The molecule has 0 heterocycles. The van der Waals surface area contributed by atoms with Crippen LogP contribution in [0.2, 0.25) is 0 Å². The number of unbranched alkanes of at least 4 members (excludes halogenated alkanes) is 1. The first kappa shape index (κ1) is 48.7. The van der Waals surface area contributed by atoms with Gasteiger partial charge in [0.2, 0.25) is 11.8 Å². The maximum atomic E-state index is 12.2. The van der Waals surface area contributed by atoms with Crippen molar-refractivity contribution in [2.75, 3.05) is 65.9 Å². The van der Waals surface area contributed by atoms with Crippen molar-refractivity contribution in [1.29, 1.82) is 0 Å². The van der Waals surface area contributed by atoms with Gasteiger partial charge in [-0.1, -0.05) is 13.3 Å². The smallest absolute Gasteiger partial charge is 0.309 e. The average Bonchev–Trinajstić information content (AvgIpc) is 3.06. The summed E-state index contributed by atoms with van der Waals surface area (Å²) < 4.78 is 26.7. The van der Waals surface area contributed by atoms with Gasteiger partial charge in [-0.15, -0.1) is 0 Å². The Balaban J connectivity index is 3.69. The third kappa shape index (κ3) is 29.3. The quantitative estimate of drug-likeness (QED) is 0.0555. The highest BCUT2D eigenvalue weighted by molar-refractivity contribution is 5.89. The first-order valence-electron chi connectivity index (χ1n) is 18.1. The minimum absolute atomic E-state index is 0.0222.